The van der Waals surface area contributed by atoms with Crippen LogP contribution in [-0.4, -0.2) is 20.6 Å². The van der Waals surface area contributed by atoms with Gasteiger partial charge >= 0.3 is 29.9 Å². The molecule has 0 saturated heterocycles. The minimum atomic E-state index is 0. The standard InChI is InChI=1S/2H2S.S.Sn/h2*1H2;;/p-2. The Kier molecular flexibility index (Phi) is 95.1. The second-order valence-corrected chi connectivity index (χ2v) is 0. The van der Waals surface area contributed by atoms with Gasteiger partial charge in [0.15, 0.2) is 0 Å². The van der Waals surface area contributed by atoms with Crippen LogP contribution in [-0.2, 0) is 27.0 Å². The first kappa shape index (κ1) is 17.2. The van der Waals surface area contributed by atoms with Crippen LogP contribution in [0, 0.1) is 0 Å². The number of rotatable bonds is 0. The molecule has 0 unspecified atom stereocenters. The van der Waals surface area contributed by atoms with E-state index in [1.165, 1.54) is 0 Å². The first-order valence-corrected chi connectivity index (χ1v) is 4.11. The summed E-state index contributed by atoms with van der Waals surface area (Å²) in [5, 5.41) is 0. The Hall–Kier alpha value is 1.72. The third kappa shape index (κ3) is 9.30. The van der Waals surface area contributed by atoms with Crippen molar-refractivity contribution in [1.29, 1.82) is 0 Å². The van der Waals surface area contributed by atoms with E-state index < -0.39 is 0 Å². The van der Waals surface area contributed by atoms with E-state index in [1.54, 1.807) is 0 Å². The van der Waals surface area contributed by atoms with Gasteiger partial charge in [0, 0.05) is 0 Å². The molecule has 0 nitrogen and oxygen atoms in total. The molecular formula is H2S3Sn-2. The van der Waals surface area contributed by atoms with Crippen LogP contribution in [0.15, 0.2) is 0 Å². The average molecular weight is 217 g/mol. The molecular weight excluding hydrogens is 215 g/mol. The Morgan fingerprint density at radius 1 is 1.00 bits per heavy atom. The third-order valence-electron chi connectivity index (χ3n) is 0. The summed E-state index contributed by atoms with van der Waals surface area (Å²) in [5.41, 5.74) is 0. The number of hydrogen-bond donors (Lipinski definition) is 0. The van der Waals surface area contributed by atoms with Crippen molar-refractivity contribution in [3.05, 3.63) is 0 Å². The molecule has 26 valence electrons. The molecule has 4 heavy (non-hydrogen) atoms. The molecule has 0 heterocycles. The second-order valence-electron chi connectivity index (χ2n) is 0. The van der Waals surface area contributed by atoms with Crippen LogP contribution in [0.4, 0.5) is 0 Å². The Morgan fingerprint density at radius 2 is 1.00 bits per heavy atom. The summed E-state index contributed by atoms with van der Waals surface area (Å²) in [6.07, 6.45) is 0. The Morgan fingerprint density at radius 3 is 1.00 bits per heavy atom. The molecule has 0 aliphatic carbocycles. The fraction of sp³-hybridized carbons (Fsp3) is 0. The molecule has 0 spiro atoms. The second kappa shape index (κ2) is 22.1. The summed E-state index contributed by atoms with van der Waals surface area (Å²) in [6, 6.07) is 0. The predicted octanol–water partition coefficient (Wildman–Crippen LogP) is -0.273. The number of hydrogen-bond acceptors (Lipinski definition) is 3. The van der Waals surface area contributed by atoms with Crippen molar-refractivity contribution in [2.45, 2.75) is 0 Å². The van der Waals surface area contributed by atoms with E-state index in [-0.39, 0.29) is 27.0 Å². The van der Waals surface area contributed by atoms with Gasteiger partial charge in [-0.1, -0.05) is 0 Å². The van der Waals surface area contributed by atoms with Crippen molar-refractivity contribution in [1.82, 2.24) is 0 Å². The molecule has 0 saturated carbocycles. The molecule has 0 aromatic carbocycles. The molecule has 0 aromatic rings. The van der Waals surface area contributed by atoms with Crippen LogP contribution >= 0.6 is 9.29 Å². The summed E-state index contributed by atoms with van der Waals surface area (Å²) in [5.74, 6) is 0. The van der Waals surface area contributed by atoms with Gasteiger partial charge in [0.2, 0.25) is 0 Å². The first-order chi connectivity index (χ1) is 1.00. The molecule has 0 aliphatic heterocycles. The summed E-state index contributed by atoms with van der Waals surface area (Å²) in [4.78, 5) is 0. The van der Waals surface area contributed by atoms with Gasteiger partial charge < -0.3 is 27.0 Å². The van der Waals surface area contributed by atoms with Crippen molar-refractivity contribution in [2.24, 2.45) is 0 Å². The van der Waals surface area contributed by atoms with Crippen LogP contribution in [0.2, 0.25) is 0 Å². The SMILES string of the molecule is [SH-].[SH-].[S]=[Sn]. The van der Waals surface area contributed by atoms with E-state index in [2.05, 4.69) is 9.29 Å². The summed E-state index contributed by atoms with van der Waals surface area (Å²) >= 11 is 1.13. The van der Waals surface area contributed by atoms with Crippen LogP contribution in [0.5, 0.6) is 0 Å². The van der Waals surface area contributed by atoms with Crippen LogP contribution in [0.1, 0.15) is 0 Å². The fourth-order valence-corrected chi connectivity index (χ4v) is 0. The Labute approximate surface area is 56.5 Å². The monoisotopic (exact) mass is 218 g/mol. The van der Waals surface area contributed by atoms with Gasteiger partial charge in [0.05, 0.1) is 0 Å². The molecule has 0 aliphatic rings. The topological polar surface area (TPSA) is 0 Å². The van der Waals surface area contributed by atoms with Gasteiger partial charge in [0.1, 0.15) is 0 Å². The maximum atomic E-state index is 4.17. The van der Waals surface area contributed by atoms with Gasteiger partial charge in [-0.25, -0.2) is 0 Å². The molecule has 4 heteroatoms. The zero-order valence-corrected chi connectivity index (χ0v) is 7.26. The summed E-state index contributed by atoms with van der Waals surface area (Å²) < 4.78 is 0. The van der Waals surface area contributed by atoms with Crippen LogP contribution in [0.3, 0.4) is 0 Å². The quantitative estimate of drug-likeness (QED) is 0.311. The zero-order valence-electron chi connectivity index (χ0n) is 1.80. The van der Waals surface area contributed by atoms with Crippen molar-refractivity contribution < 1.29 is 0 Å². The van der Waals surface area contributed by atoms with Crippen molar-refractivity contribution in [3.8, 4) is 0 Å². The van der Waals surface area contributed by atoms with E-state index in [0.717, 1.165) is 20.6 Å². The van der Waals surface area contributed by atoms with Gasteiger partial charge in [0.25, 0.3) is 0 Å². The molecule has 0 rings (SSSR count). The van der Waals surface area contributed by atoms with Gasteiger partial charge in [-0.05, 0) is 0 Å². The fourth-order valence-electron chi connectivity index (χ4n) is 0. The van der Waals surface area contributed by atoms with Crippen molar-refractivity contribution in [2.75, 3.05) is 0 Å². The summed E-state index contributed by atoms with van der Waals surface area (Å²) in [6.45, 7) is 0. The van der Waals surface area contributed by atoms with Gasteiger partial charge in [-0.15, -0.1) is 0 Å². The van der Waals surface area contributed by atoms with Gasteiger partial charge in [-0.2, -0.15) is 0 Å². The van der Waals surface area contributed by atoms with E-state index in [9.17, 15) is 0 Å². The molecule has 0 aromatic heterocycles. The van der Waals surface area contributed by atoms with E-state index in [1.807, 2.05) is 0 Å². The summed E-state index contributed by atoms with van der Waals surface area (Å²) in [7, 11) is 4.17. The molecule has 2 radical (unpaired) electrons. The van der Waals surface area contributed by atoms with E-state index in [4.69, 9.17) is 0 Å². The van der Waals surface area contributed by atoms with E-state index in [0.29, 0.717) is 0 Å². The van der Waals surface area contributed by atoms with Crippen molar-refractivity contribution in [3.63, 3.8) is 0 Å². The average Bonchev–Trinajstić information content (AvgIpc) is 1.00. The molecule has 0 fully saturated rings. The molecule has 0 atom stereocenters. The maximum absolute atomic E-state index is 4.17. The van der Waals surface area contributed by atoms with Crippen molar-refractivity contribution >= 4 is 56.9 Å². The molecule has 0 amide bonds. The van der Waals surface area contributed by atoms with Gasteiger partial charge in [-0.3, -0.25) is 0 Å². The third-order valence-corrected chi connectivity index (χ3v) is 0. The predicted molar refractivity (Wildman–Crippen MR) is 30.9 cm³/mol. The molecule has 0 N–H and O–H groups in total. The number of thiol groups is 2. The minimum absolute atomic E-state index is 0. The molecule has 0 bridgehead atoms. The van der Waals surface area contributed by atoms with E-state index >= 15 is 0 Å². The van der Waals surface area contributed by atoms with Crippen LogP contribution in [0.25, 0.3) is 0 Å². The normalized spacial score (nSPS) is 1.00. The first-order valence-electron chi connectivity index (χ1n) is 0.204. The zero-order chi connectivity index (χ0) is 2.00. The Bertz CT molecular complexity index is 3.25. The van der Waals surface area contributed by atoms with Crippen LogP contribution < -0.4 is 0 Å². The Balaban J connectivity index is -0.00000000500.